The molecule has 4 aromatic rings. The first-order valence-corrected chi connectivity index (χ1v) is 12.6. The number of rotatable bonds is 7. The Balaban J connectivity index is 1.63. The molecular formula is C29H28Cl2N4O2. The predicted molar refractivity (Wildman–Crippen MR) is 149 cm³/mol. The number of amides is 2. The SMILES string of the molecule is CC(C)(C)c1cc(NC(=O)CN(Cc2ccccc2)C(=O)c2cccc(Cl)c2)n(-c2ccccc2Cl)n1. The lowest BCUT2D eigenvalue weighted by atomic mass is 9.92. The van der Waals surface area contributed by atoms with Crippen LogP contribution in [0.5, 0.6) is 0 Å². The summed E-state index contributed by atoms with van der Waals surface area (Å²) in [6.07, 6.45) is 0. The van der Waals surface area contributed by atoms with Gasteiger partial charge < -0.3 is 10.2 Å². The largest absolute Gasteiger partial charge is 0.325 e. The van der Waals surface area contributed by atoms with Gasteiger partial charge in [-0.2, -0.15) is 5.10 Å². The Morgan fingerprint density at radius 2 is 1.62 bits per heavy atom. The highest BCUT2D eigenvalue weighted by Gasteiger charge is 2.24. The summed E-state index contributed by atoms with van der Waals surface area (Å²) in [5, 5.41) is 8.63. The molecule has 2 amide bonds. The molecule has 8 heteroatoms. The predicted octanol–water partition coefficient (Wildman–Crippen LogP) is 6.76. The van der Waals surface area contributed by atoms with Crippen LogP contribution in [0.15, 0.2) is 84.9 Å². The average molecular weight is 535 g/mol. The van der Waals surface area contributed by atoms with Crippen molar-refractivity contribution in [2.24, 2.45) is 0 Å². The van der Waals surface area contributed by atoms with Crippen LogP contribution in [0, 0.1) is 0 Å². The van der Waals surface area contributed by atoms with Gasteiger partial charge >= 0.3 is 0 Å². The van der Waals surface area contributed by atoms with Crippen molar-refractivity contribution in [2.75, 3.05) is 11.9 Å². The van der Waals surface area contributed by atoms with Gasteiger partial charge in [-0.3, -0.25) is 9.59 Å². The normalized spacial score (nSPS) is 11.3. The van der Waals surface area contributed by atoms with E-state index in [9.17, 15) is 9.59 Å². The van der Waals surface area contributed by atoms with Crippen molar-refractivity contribution in [3.05, 3.63) is 112 Å². The molecule has 0 spiro atoms. The van der Waals surface area contributed by atoms with Crippen molar-refractivity contribution in [2.45, 2.75) is 32.7 Å². The van der Waals surface area contributed by atoms with Gasteiger partial charge in [0.05, 0.1) is 16.4 Å². The lowest BCUT2D eigenvalue weighted by Gasteiger charge is -2.23. The van der Waals surface area contributed by atoms with Crippen molar-refractivity contribution in [1.29, 1.82) is 0 Å². The fraction of sp³-hybridized carbons (Fsp3) is 0.207. The number of hydrogen-bond donors (Lipinski definition) is 1. The smallest absolute Gasteiger partial charge is 0.254 e. The number of nitrogens with one attached hydrogen (secondary N) is 1. The van der Waals surface area contributed by atoms with E-state index in [4.69, 9.17) is 28.3 Å². The van der Waals surface area contributed by atoms with Crippen LogP contribution in [0.2, 0.25) is 10.0 Å². The second-order valence-electron chi connectivity index (χ2n) is 9.73. The summed E-state index contributed by atoms with van der Waals surface area (Å²) in [5.41, 5.74) is 2.49. The molecule has 0 aliphatic rings. The molecule has 37 heavy (non-hydrogen) atoms. The number of carbonyl (C=O) groups excluding carboxylic acids is 2. The third-order valence-corrected chi connectivity index (χ3v) is 6.29. The minimum absolute atomic E-state index is 0.168. The van der Waals surface area contributed by atoms with E-state index >= 15 is 0 Å². The maximum absolute atomic E-state index is 13.4. The topological polar surface area (TPSA) is 67.2 Å². The van der Waals surface area contributed by atoms with E-state index in [1.54, 1.807) is 35.0 Å². The highest BCUT2D eigenvalue weighted by molar-refractivity contribution is 6.32. The molecule has 3 aromatic carbocycles. The van der Waals surface area contributed by atoms with Crippen molar-refractivity contribution in [3.63, 3.8) is 0 Å². The zero-order valence-electron chi connectivity index (χ0n) is 20.9. The van der Waals surface area contributed by atoms with Gasteiger partial charge in [-0.15, -0.1) is 0 Å². The van der Waals surface area contributed by atoms with Gasteiger partial charge in [0.25, 0.3) is 5.91 Å². The van der Waals surface area contributed by atoms with Gasteiger partial charge in [-0.05, 0) is 35.9 Å². The van der Waals surface area contributed by atoms with Crippen LogP contribution in [-0.4, -0.2) is 33.0 Å². The molecule has 1 N–H and O–H groups in total. The number of nitrogens with zero attached hydrogens (tertiary/aromatic N) is 3. The Morgan fingerprint density at radius 1 is 0.919 bits per heavy atom. The molecule has 1 aromatic heterocycles. The second kappa shape index (κ2) is 11.2. The Bertz CT molecular complexity index is 1410. The summed E-state index contributed by atoms with van der Waals surface area (Å²) >= 11 is 12.6. The van der Waals surface area contributed by atoms with E-state index in [0.29, 0.717) is 27.1 Å². The fourth-order valence-electron chi connectivity index (χ4n) is 3.81. The molecule has 0 unspecified atom stereocenters. The van der Waals surface area contributed by atoms with E-state index < -0.39 is 0 Å². The van der Waals surface area contributed by atoms with E-state index in [1.807, 2.05) is 75.4 Å². The molecule has 0 atom stereocenters. The molecule has 0 aliphatic heterocycles. The summed E-state index contributed by atoms with van der Waals surface area (Å²) in [5.74, 6) is -0.186. The number of para-hydroxylation sites is 1. The molecule has 1 heterocycles. The number of hydrogen-bond acceptors (Lipinski definition) is 3. The molecule has 0 radical (unpaired) electrons. The molecule has 4 rings (SSSR count). The average Bonchev–Trinajstić information content (AvgIpc) is 3.28. The lowest BCUT2D eigenvalue weighted by Crippen LogP contribution is -2.37. The van der Waals surface area contributed by atoms with Gasteiger partial charge in [-0.25, -0.2) is 4.68 Å². The molecule has 0 saturated carbocycles. The van der Waals surface area contributed by atoms with Gasteiger partial charge in [-0.1, -0.05) is 92.5 Å². The first-order valence-electron chi connectivity index (χ1n) is 11.9. The molecule has 190 valence electrons. The summed E-state index contributed by atoms with van der Waals surface area (Å²) in [4.78, 5) is 28.2. The monoisotopic (exact) mass is 534 g/mol. The van der Waals surface area contributed by atoms with Crippen molar-refractivity contribution in [1.82, 2.24) is 14.7 Å². The van der Waals surface area contributed by atoms with Crippen LogP contribution in [-0.2, 0) is 16.8 Å². The maximum atomic E-state index is 13.4. The van der Waals surface area contributed by atoms with E-state index in [-0.39, 0.29) is 30.3 Å². The third kappa shape index (κ3) is 6.59. The fourth-order valence-corrected chi connectivity index (χ4v) is 4.21. The molecule has 0 aliphatic carbocycles. The van der Waals surface area contributed by atoms with Crippen LogP contribution < -0.4 is 5.32 Å². The van der Waals surface area contributed by atoms with Gasteiger partial charge in [0.15, 0.2) is 0 Å². The standard InChI is InChI=1S/C29H28Cl2N4O2/c1-29(2,3)25-17-26(35(33-25)24-15-8-7-14-23(24)31)32-27(36)19-34(18-20-10-5-4-6-11-20)28(37)21-12-9-13-22(30)16-21/h4-17H,18-19H2,1-3H3,(H,32,36). The first-order chi connectivity index (χ1) is 17.6. The summed E-state index contributed by atoms with van der Waals surface area (Å²) < 4.78 is 1.63. The Hall–Kier alpha value is -3.61. The van der Waals surface area contributed by atoms with Crippen LogP contribution >= 0.6 is 23.2 Å². The number of anilines is 1. The first kappa shape index (κ1) is 26.5. The van der Waals surface area contributed by atoms with Gasteiger partial charge in [0, 0.05) is 28.6 Å². The third-order valence-electron chi connectivity index (χ3n) is 5.74. The van der Waals surface area contributed by atoms with Crippen LogP contribution in [0.25, 0.3) is 5.69 Å². The highest BCUT2D eigenvalue weighted by Crippen LogP contribution is 2.29. The summed E-state index contributed by atoms with van der Waals surface area (Å²) in [6.45, 7) is 6.23. The number of aromatic nitrogens is 2. The van der Waals surface area contributed by atoms with Crippen LogP contribution in [0.3, 0.4) is 0 Å². The zero-order valence-corrected chi connectivity index (χ0v) is 22.4. The summed E-state index contributed by atoms with van der Waals surface area (Å²) in [7, 11) is 0. The quantitative estimate of drug-likeness (QED) is 0.285. The zero-order chi connectivity index (χ0) is 26.6. The Kier molecular flexibility index (Phi) is 8.00. The highest BCUT2D eigenvalue weighted by atomic mass is 35.5. The Morgan fingerprint density at radius 3 is 2.30 bits per heavy atom. The number of carbonyl (C=O) groups is 2. The van der Waals surface area contributed by atoms with Gasteiger partial charge in [0.2, 0.25) is 5.91 Å². The van der Waals surface area contributed by atoms with E-state index in [0.717, 1.165) is 11.3 Å². The molecular weight excluding hydrogens is 507 g/mol. The molecule has 0 bridgehead atoms. The van der Waals surface area contributed by atoms with Crippen molar-refractivity contribution in [3.8, 4) is 5.69 Å². The number of benzene rings is 3. The Labute approximate surface area is 226 Å². The second-order valence-corrected chi connectivity index (χ2v) is 10.6. The molecule has 6 nitrogen and oxygen atoms in total. The molecule has 0 saturated heterocycles. The van der Waals surface area contributed by atoms with E-state index in [2.05, 4.69) is 5.32 Å². The minimum atomic E-state index is -0.361. The number of halogens is 2. The van der Waals surface area contributed by atoms with E-state index in [1.165, 1.54) is 4.90 Å². The summed E-state index contributed by atoms with van der Waals surface area (Å²) in [6, 6.07) is 25.4. The maximum Gasteiger partial charge on any atom is 0.254 e. The van der Waals surface area contributed by atoms with Gasteiger partial charge in [0.1, 0.15) is 12.4 Å². The minimum Gasteiger partial charge on any atom is -0.325 e. The van der Waals surface area contributed by atoms with Crippen LogP contribution in [0.4, 0.5) is 5.82 Å². The van der Waals surface area contributed by atoms with Crippen molar-refractivity contribution >= 4 is 40.8 Å². The van der Waals surface area contributed by atoms with Crippen molar-refractivity contribution < 1.29 is 9.59 Å². The lowest BCUT2D eigenvalue weighted by molar-refractivity contribution is -0.117. The molecule has 0 fully saturated rings. The van der Waals surface area contributed by atoms with Crippen LogP contribution in [0.1, 0.15) is 42.4 Å².